The minimum absolute atomic E-state index is 0.0855. The number of nitriles is 1. The lowest BCUT2D eigenvalue weighted by molar-refractivity contribution is 0.116. The smallest absolute Gasteiger partial charge is 0.184 e. The van der Waals surface area contributed by atoms with Crippen molar-refractivity contribution in [1.82, 2.24) is 19.6 Å². The van der Waals surface area contributed by atoms with Crippen molar-refractivity contribution in [2.45, 2.75) is 44.2 Å². The standard InChI is InChI=1S/C21H20N6OS/c22-11-14-6-8-20-23-12-15(27(20)26-14)9-13-5-7-17-19(10-13)29-21(25-17)24-16-3-1-2-4-18(16)28/h5-8,10,12,16,18,28H,1-4,9H2,(H,24,25)/t16-,18-/m1/s1. The molecule has 0 saturated heterocycles. The Kier molecular flexibility index (Phi) is 4.62. The zero-order valence-electron chi connectivity index (χ0n) is 15.7. The fourth-order valence-corrected chi connectivity index (χ4v) is 4.88. The van der Waals surface area contributed by atoms with Crippen molar-refractivity contribution in [2.24, 2.45) is 0 Å². The van der Waals surface area contributed by atoms with Crippen molar-refractivity contribution >= 4 is 32.3 Å². The Balaban J connectivity index is 1.39. The van der Waals surface area contributed by atoms with E-state index in [4.69, 9.17) is 5.26 Å². The summed E-state index contributed by atoms with van der Waals surface area (Å²) in [5.41, 5.74) is 4.13. The van der Waals surface area contributed by atoms with E-state index in [2.05, 4.69) is 38.6 Å². The SMILES string of the molecule is N#Cc1ccc2ncc(Cc3ccc4nc(N[C@@H]5CCCC[C@H]5O)sc4c3)n2n1. The van der Waals surface area contributed by atoms with Gasteiger partial charge in [-0.2, -0.15) is 10.4 Å². The minimum Gasteiger partial charge on any atom is -0.391 e. The van der Waals surface area contributed by atoms with Crippen molar-refractivity contribution in [1.29, 1.82) is 5.26 Å². The molecule has 1 aromatic carbocycles. The summed E-state index contributed by atoms with van der Waals surface area (Å²) in [5, 5.41) is 27.9. The molecule has 29 heavy (non-hydrogen) atoms. The van der Waals surface area contributed by atoms with Gasteiger partial charge >= 0.3 is 0 Å². The molecule has 2 N–H and O–H groups in total. The highest BCUT2D eigenvalue weighted by atomic mass is 32.1. The van der Waals surface area contributed by atoms with E-state index in [9.17, 15) is 5.11 Å². The van der Waals surface area contributed by atoms with Crippen LogP contribution in [-0.4, -0.2) is 36.8 Å². The Morgan fingerprint density at radius 1 is 1.24 bits per heavy atom. The van der Waals surface area contributed by atoms with Gasteiger partial charge in [-0.3, -0.25) is 0 Å². The molecule has 8 heteroatoms. The molecule has 1 saturated carbocycles. The number of nitrogens with one attached hydrogen (secondary N) is 1. The van der Waals surface area contributed by atoms with Gasteiger partial charge in [-0.1, -0.05) is 30.2 Å². The van der Waals surface area contributed by atoms with E-state index in [1.165, 1.54) is 0 Å². The molecule has 0 unspecified atom stereocenters. The van der Waals surface area contributed by atoms with Crippen molar-refractivity contribution in [2.75, 3.05) is 5.32 Å². The molecule has 2 atom stereocenters. The molecule has 3 aromatic heterocycles. The van der Waals surface area contributed by atoms with Crippen LogP contribution in [0.25, 0.3) is 15.9 Å². The van der Waals surface area contributed by atoms with Crippen molar-refractivity contribution < 1.29 is 5.11 Å². The molecule has 7 nitrogen and oxygen atoms in total. The molecule has 0 amide bonds. The maximum atomic E-state index is 10.2. The summed E-state index contributed by atoms with van der Waals surface area (Å²) >= 11 is 1.61. The maximum Gasteiger partial charge on any atom is 0.184 e. The predicted molar refractivity (Wildman–Crippen MR) is 112 cm³/mol. The molecule has 3 heterocycles. The van der Waals surface area contributed by atoms with Crippen molar-refractivity contribution in [3.05, 3.63) is 53.5 Å². The number of anilines is 1. The highest BCUT2D eigenvalue weighted by Crippen LogP contribution is 2.30. The number of aliphatic hydroxyl groups excluding tert-OH is 1. The number of thiazole rings is 1. The average Bonchev–Trinajstić information content (AvgIpc) is 3.32. The minimum atomic E-state index is -0.299. The van der Waals surface area contributed by atoms with Gasteiger partial charge in [0.15, 0.2) is 16.5 Å². The first kappa shape index (κ1) is 18.0. The molecular weight excluding hydrogens is 384 g/mol. The van der Waals surface area contributed by atoms with Gasteiger partial charge in [-0.05, 0) is 42.7 Å². The number of imidazole rings is 1. The monoisotopic (exact) mass is 404 g/mol. The van der Waals surface area contributed by atoms with Crippen LogP contribution in [0.4, 0.5) is 5.13 Å². The fourth-order valence-electron chi connectivity index (χ4n) is 3.89. The van der Waals surface area contributed by atoms with Gasteiger partial charge < -0.3 is 10.4 Å². The summed E-state index contributed by atoms with van der Waals surface area (Å²) in [7, 11) is 0. The molecule has 146 valence electrons. The molecule has 0 radical (unpaired) electrons. The number of hydrogen-bond acceptors (Lipinski definition) is 7. The first-order valence-corrected chi connectivity index (χ1v) is 10.6. The summed E-state index contributed by atoms with van der Waals surface area (Å²) in [5.74, 6) is 0. The maximum absolute atomic E-state index is 10.2. The van der Waals surface area contributed by atoms with Crippen LogP contribution in [0.2, 0.25) is 0 Å². The number of nitrogens with zero attached hydrogens (tertiary/aromatic N) is 5. The van der Waals surface area contributed by atoms with Crippen LogP contribution in [0, 0.1) is 11.3 Å². The molecule has 4 aromatic rings. The van der Waals surface area contributed by atoms with Crippen LogP contribution in [0.15, 0.2) is 36.5 Å². The number of fused-ring (bicyclic) bond motifs is 2. The zero-order chi connectivity index (χ0) is 19.8. The highest BCUT2D eigenvalue weighted by molar-refractivity contribution is 7.22. The number of hydrogen-bond donors (Lipinski definition) is 2. The van der Waals surface area contributed by atoms with Crippen LogP contribution in [-0.2, 0) is 6.42 Å². The number of rotatable bonds is 4. The Morgan fingerprint density at radius 3 is 3.00 bits per heavy atom. The van der Waals surface area contributed by atoms with Gasteiger partial charge in [0.1, 0.15) is 6.07 Å². The summed E-state index contributed by atoms with van der Waals surface area (Å²) in [4.78, 5) is 9.06. The Labute approximate surface area is 171 Å². The predicted octanol–water partition coefficient (Wildman–Crippen LogP) is 3.52. The van der Waals surface area contributed by atoms with Crippen LogP contribution in [0.3, 0.4) is 0 Å². The lowest BCUT2D eigenvalue weighted by Crippen LogP contribution is -2.36. The normalized spacial score (nSPS) is 19.4. The Hall–Kier alpha value is -3.02. The molecule has 1 aliphatic rings. The first-order chi connectivity index (χ1) is 14.2. The number of aliphatic hydroxyl groups is 1. The molecule has 0 bridgehead atoms. The average molecular weight is 404 g/mol. The zero-order valence-corrected chi connectivity index (χ0v) is 16.6. The van der Waals surface area contributed by atoms with E-state index in [1.54, 1.807) is 34.2 Å². The van der Waals surface area contributed by atoms with E-state index in [0.717, 1.165) is 57.9 Å². The van der Waals surface area contributed by atoms with Crippen LogP contribution < -0.4 is 5.32 Å². The third-order valence-electron chi connectivity index (χ3n) is 5.42. The Morgan fingerprint density at radius 2 is 2.14 bits per heavy atom. The van der Waals surface area contributed by atoms with Crippen LogP contribution in [0.5, 0.6) is 0 Å². The molecule has 0 spiro atoms. The van der Waals surface area contributed by atoms with Gasteiger partial charge in [0.2, 0.25) is 0 Å². The van der Waals surface area contributed by atoms with Crippen molar-refractivity contribution in [3.63, 3.8) is 0 Å². The van der Waals surface area contributed by atoms with E-state index in [0.29, 0.717) is 12.1 Å². The second-order valence-electron chi connectivity index (χ2n) is 7.45. The number of benzene rings is 1. The highest BCUT2D eigenvalue weighted by Gasteiger charge is 2.23. The van der Waals surface area contributed by atoms with Gasteiger partial charge in [-0.25, -0.2) is 14.5 Å². The van der Waals surface area contributed by atoms with Crippen LogP contribution in [0.1, 0.15) is 42.6 Å². The van der Waals surface area contributed by atoms with Gasteiger partial charge in [0.25, 0.3) is 0 Å². The van der Waals surface area contributed by atoms with Crippen molar-refractivity contribution in [3.8, 4) is 6.07 Å². The summed E-state index contributed by atoms with van der Waals surface area (Å²) < 4.78 is 2.84. The number of aromatic nitrogens is 4. The topological polar surface area (TPSA) is 99.1 Å². The third-order valence-corrected chi connectivity index (χ3v) is 6.37. The lowest BCUT2D eigenvalue weighted by Gasteiger charge is -2.27. The van der Waals surface area contributed by atoms with Gasteiger partial charge in [0, 0.05) is 6.42 Å². The lowest BCUT2D eigenvalue weighted by atomic mass is 9.93. The Bertz CT molecular complexity index is 1220. The van der Waals surface area contributed by atoms with E-state index < -0.39 is 0 Å². The van der Waals surface area contributed by atoms with Crippen LogP contribution >= 0.6 is 11.3 Å². The summed E-state index contributed by atoms with van der Waals surface area (Å²) in [6.07, 6.45) is 6.24. The summed E-state index contributed by atoms with van der Waals surface area (Å²) in [6, 6.07) is 11.9. The second kappa shape index (κ2) is 7.43. The third kappa shape index (κ3) is 3.55. The fraction of sp³-hybridized carbons (Fsp3) is 0.333. The van der Waals surface area contributed by atoms with Gasteiger partial charge in [-0.15, -0.1) is 0 Å². The summed E-state index contributed by atoms with van der Waals surface area (Å²) in [6.45, 7) is 0. The molecule has 5 rings (SSSR count). The van der Waals surface area contributed by atoms with E-state index in [-0.39, 0.29) is 12.1 Å². The molecule has 0 aliphatic heterocycles. The first-order valence-electron chi connectivity index (χ1n) is 9.77. The van der Waals surface area contributed by atoms with Gasteiger partial charge in [0.05, 0.1) is 34.3 Å². The van der Waals surface area contributed by atoms with E-state index in [1.807, 2.05) is 6.07 Å². The largest absolute Gasteiger partial charge is 0.391 e. The molecule has 1 aliphatic carbocycles. The molecule has 1 fully saturated rings. The second-order valence-corrected chi connectivity index (χ2v) is 8.48. The molecular formula is C21H20N6OS. The van der Waals surface area contributed by atoms with E-state index >= 15 is 0 Å². The quantitative estimate of drug-likeness (QED) is 0.540.